The Hall–Kier alpha value is -0.360. The van der Waals surface area contributed by atoms with E-state index in [0.29, 0.717) is 6.92 Å². The van der Waals surface area contributed by atoms with Crippen LogP contribution in [-0.2, 0) is 4.74 Å². The molecule has 0 amide bonds. The van der Waals surface area contributed by atoms with Crippen LogP contribution in [-0.4, -0.2) is 38.7 Å². The normalized spacial score (nSPS) is 13.4. The molecule has 0 bridgehead atoms. The highest BCUT2D eigenvalue weighted by Crippen LogP contribution is 2.16. The summed E-state index contributed by atoms with van der Waals surface area (Å²) in [4.78, 5) is 0. The Kier molecular flexibility index (Phi) is 4.63. The van der Waals surface area contributed by atoms with Crippen LogP contribution >= 0.6 is 0 Å². The van der Waals surface area contributed by atoms with E-state index in [1.165, 1.54) is 7.05 Å². The Bertz CT molecular complexity index is 146. The van der Waals surface area contributed by atoms with E-state index >= 15 is 0 Å². The van der Waals surface area contributed by atoms with Crippen LogP contribution in [0.3, 0.4) is 0 Å². The Morgan fingerprint density at radius 2 is 1.69 bits per heavy atom. The van der Waals surface area contributed by atoms with E-state index in [2.05, 4.69) is 10.1 Å². The van der Waals surface area contributed by atoms with Crippen molar-refractivity contribution in [3.8, 4) is 0 Å². The Morgan fingerprint density at radius 3 is 2.08 bits per heavy atom. The fourth-order valence-corrected chi connectivity index (χ4v) is 0.689. The Labute approximate surface area is 74.3 Å². The van der Waals surface area contributed by atoms with Crippen molar-refractivity contribution in [2.45, 2.75) is 18.8 Å². The summed E-state index contributed by atoms with van der Waals surface area (Å²) in [7, 11) is 1.35. The molecule has 0 aromatic carbocycles. The van der Waals surface area contributed by atoms with Crippen LogP contribution in [0.5, 0.6) is 0 Å². The quantitative estimate of drug-likeness (QED) is 0.661. The maximum atomic E-state index is 12.6. The van der Waals surface area contributed by atoms with Crippen molar-refractivity contribution in [3.63, 3.8) is 0 Å². The second-order valence-electron chi connectivity index (χ2n) is 2.95. The summed E-state index contributed by atoms with van der Waals surface area (Å²) in [5, 5.41) is 2.24. The van der Waals surface area contributed by atoms with Gasteiger partial charge >= 0.3 is 0 Å². The number of nitrogens with one attached hydrogen (secondary N) is 1. The summed E-state index contributed by atoms with van der Waals surface area (Å²) < 4.78 is 53.5. The lowest BCUT2D eigenvalue weighted by Gasteiger charge is -2.17. The highest BCUT2D eigenvalue weighted by atomic mass is 19.3. The van der Waals surface area contributed by atoms with E-state index in [1.807, 2.05) is 0 Å². The lowest BCUT2D eigenvalue weighted by molar-refractivity contribution is -0.120. The average Bonchev–Trinajstić information content (AvgIpc) is 1.82. The maximum Gasteiger partial charge on any atom is 0.283 e. The first kappa shape index (κ1) is 12.6. The first-order valence-electron chi connectivity index (χ1n) is 3.75. The molecule has 0 spiro atoms. The maximum absolute atomic E-state index is 12.6. The zero-order chi connectivity index (χ0) is 10.5. The molecule has 0 heterocycles. The van der Waals surface area contributed by atoms with Gasteiger partial charge in [0.25, 0.3) is 11.8 Å². The van der Waals surface area contributed by atoms with Gasteiger partial charge in [0.05, 0.1) is 6.54 Å². The van der Waals surface area contributed by atoms with Crippen molar-refractivity contribution >= 4 is 0 Å². The van der Waals surface area contributed by atoms with Crippen LogP contribution in [0.1, 0.15) is 6.92 Å². The highest BCUT2D eigenvalue weighted by Gasteiger charge is 2.30. The number of rotatable bonds is 6. The molecular weight excluding hydrogens is 190 g/mol. The first-order chi connectivity index (χ1) is 5.77. The predicted octanol–water partition coefficient (Wildman–Crippen LogP) is 1.51. The van der Waals surface area contributed by atoms with Crippen LogP contribution in [0.15, 0.2) is 0 Å². The van der Waals surface area contributed by atoms with E-state index in [0.717, 1.165) is 0 Å². The molecule has 0 fully saturated rings. The molecule has 0 aliphatic carbocycles. The average molecular weight is 203 g/mol. The second kappa shape index (κ2) is 4.76. The second-order valence-corrected chi connectivity index (χ2v) is 2.95. The predicted molar refractivity (Wildman–Crippen MR) is 40.3 cm³/mol. The minimum absolute atomic E-state index is 0.581. The van der Waals surface area contributed by atoms with Crippen LogP contribution in [0.4, 0.5) is 17.6 Å². The molecule has 1 N–H and O–H groups in total. The lowest BCUT2D eigenvalue weighted by atomic mass is 10.3. The summed E-state index contributed by atoms with van der Waals surface area (Å²) in [5.41, 5.74) is 0. The molecule has 0 aliphatic heterocycles. The smallest absolute Gasteiger partial charge is 0.283 e. The molecule has 2 nitrogen and oxygen atoms in total. The molecule has 0 aromatic heterocycles. The third-order valence-electron chi connectivity index (χ3n) is 1.10. The number of alkyl halides is 4. The van der Waals surface area contributed by atoms with Gasteiger partial charge in [0.1, 0.15) is 13.2 Å². The third-order valence-corrected chi connectivity index (χ3v) is 1.10. The molecule has 0 radical (unpaired) electrons. The zero-order valence-corrected chi connectivity index (χ0v) is 7.54. The molecule has 0 saturated heterocycles. The van der Waals surface area contributed by atoms with Crippen molar-refractivity contribution in [1.82, 2.24) is 5.32 Å². The molecule has 0 saturated carbocycles. The monoisotopic (exact) mass is 203 g/mol. The van der Waals surface area contributed by atoms with Gasteiger partial charge < -0.3 is 10.1 Å². The molecule has 0 rings (SSSR count). The van der Waals surface area contributed by atoms with E-state index in [9.17, 15) is 17.6 Å². The number of hydrogen-bond donors (Lipinski definition) is 1. The van der Waals surface area contributed by atoms with E-state index < -0.39 is 31.6 Å². The summed E-state index contributed by atoms with van der Waals surface area (Å²) in [5.74, 6) is -6.16. The molecule has 80 valence electrons. The van der Waals surface area contributed by atoms with Crippen molar-refractivity contribution in [2.75, 3.05) is 26.8 Å². The lowest BCUT2D eigenvalue weighted by Crippen LogP contribution is -2.36. The molecule has 6 heteroatoms. The van der Waals surface area contributed by atoms with Crippen LogP contribution < -0.4 is 5.32 Å². The van der Waals surface area contributed by atoms with Crippen LogP contribution in [0, 0.1) is 0 Å². The van der Waals surface area contributed by atoms with Crippen molar-refractivity contribution in [1.29, 1.82) is 0 Å². The van der Waals surface area contributed by atoms with E-state index in [1.54, 1.807) is 0 Å². The van der Waals surface area contributed by atoms with Gasteiger partial charge in [-0.05, 0) is 7.05 Å². The standard InChI is InChI=1S/C7H13F4NO/c1-6(8,9)4-13-5-7(10,11)3-12-2/h12H,3-5H2,1-2H3. The summed E-state index contributed by atoms with van der Waals surface area (Å²) >= 11 is 0. The van der Waals surface area contributed by atoms with Gasteiger partial charge in [-0.2, -0.15) is 0 Å². The van der Waals surface area contributed by atoms with Gasteiger partial charge in [0, 0.05) is 6.92 Å². The Balaban J connectivity index is 3.63. The van der Waals surface area contributed by atoms with Gasteiger partial charge in [-0.15, -0.1) is 0 Å². The molecule has 13 heavy (non-hydrogen) atoms. The van der Waals surface area contributed by atoms with Gasteiger partial charge in [0.15, 0.2) is 0 Å². The number of hydrogen-bond acceptors (Lipinski definition) is 2. The van der Waals surface area contributed by atoms with Crippen molar-refractivity contribution in [2.24, 2.45) is 0 Å². The van der Waals surface area contributed by atoms with Gasteiger partial charge in [-0.3, -0.25) is 0 Å². The van der Waals surface area contributed by atoms with Crippen molar-refractivity contribution in [3.05, 3.63) is 0 Å². The van der Waals surface area contributed by atoms with Gasteiger partial charge in [-0.1, -0.05) is 0 Å². The van der Waals surface area contributed by atoms with Crippen LogP contribution in [0.2, 0.25) is 0 Å². The first-order valence-corrected chi connectivity index (χ1v) is 3.75. The van der Waals surface area contributed by atoms with Crippen molar-refractivity contribution < 1.29 is 22.3 Å². The topological polar surface area (TPSA) is 21.3 Å². The minimum atomic E-state index is -3.10. The third kappa shape index (κ3) is 7.98. The minimum Gasteiger partial charge on any atom is -0.369 e. The molecule has 0 unspecified atom stereocenters. The summed E-state index contributed by atoms with van der Waals surface area (Å²) in [6.45, 7) is -1.94. The van der Waals surface area contributed by atoms with Gasteiger partial charge in [0.2, 0.25) is 0 Å². The molecular formula is C7H13F4NO. The molecule has 0 atom stereocenters. The van der Waals surface area contributed by atoms with E-state index in [-0.39, 0.29) is 0 Å². The largest absolute Gasteiger partial charge is 0.369 e. The fraction of sp³-hybridized carbons (Fsp3) is 1.00. The molecule has 0 aromatic rings. The van der Waals surface area contributed by atoms with E-state index in [4.69, 9.17) is 0 Å². The highest BCUT2D eigenvalue weighted by molar-refractivity contribution is 4.68. The SMILES string of the molecule is CNCC(F)(F)COCC(C)(F)F. The number of ether oxygens (including phenoxy) is 1. The summed E-state index contributed by atoms with van der Waals surface area (Å²) in [6.07, 6.45) is 0. The number of halogens is 4. The Morgan fingerprint density at radius 1 is 1.15 bits per heavy atom. The fourth-order valence-electron chi connectivity index (χ4n) is 0.689. The van der Waals surface area contributed by atoms with Gasteiger partial charge in [-0.25, -0.2) is 17.6 Å². The molecule has 0 aliphatic rings. The van der Waals surface area contributed by atoms with Crippen LogP contribution in [0.25, 0.3) is 0 Å². The zero-order valence-electron chi connectivity index (χ0n) is 7.54. The summed E-state index contributed by atoms with van der Waals surface area (Å²) in [6, 6.07) is 0.